The summed E-state index contributed by atoms with van der Waals surface area (Å²) in [4.78, 5) is 30.9. The number of aromatic nitrogens is 2. The SMILES string of the molecule is Cc1nc(-c2cccc(N3C[C@H](C(=O)NCc4ccc(Cl)cc4)CC3=O)c2)no1. The molecule has 148 valence electrons. The van der Waals surface area contributed by atoms with E-state index in [1.165, 1.54) is 0 Å². The molecule has 1 N–H and O–H groups in total. The zero-order valence-corrected chi connectivity index (χ0v) is 16.5. The van der Waals surface area contributed by atoms with Crippen molar-refractivity contribution in [3.63, 3.8) is 0 Å². The molecule has 0 aliphatic carbocycles. The van der Waals surface area contributed by atoms with Crippen LogP contribution in [0.4, 0.5) is 5.69 Å². The van der Waals surface area contributed by atoms with Gasteiger partial charge in [-0.05, 0) is 29.8 Å². The van der Waals surface area contributed by atoms with Crippen molar-refractivity contribution < 1.29 is 14.1 Å². The Hall–Kier alpha value is -3.19. The molecule has 4 rings (SSSR count). The van der Waals surface area contributed by atoms with E-state index in [9.17, 15) is 9.59 Å². The predicted molar refractivity (Wildman–Crippen MR) is 108 cm³/mol. The van der Waals surface area contributed by atoms with Gasteiger partial charge in [0.15, 0.2) is 0 Å². The molecule has 29 heavy (non-hydrogen) atoms. The van der Waals surface area contributed by atoms with E-state index >= 15 is 0 Å². The molecule has 1 aromatic heterocycles. The van der Waals surface area contributed by atoms with Crippen LogP contribution in [0.1, 0.15) is 17.9 Å². The number of carbonyl (C=O) groups excluding carboxylic acids is 2. The van der Waals surface area contributed by atoms with Gasteiger partial charge in [-0.25, -0.2) is 0 Å². The maximum Gasteiger partial charge on any atom is 0.227 e. The summed E-state index contributed by atoms with van der Waals surface area (Å²) < 4.78 is 5.02. The summed E-state index contributed by atoms with van der Waals surface area (Å²) in [5.74, 6) is 0.318. The molecule has 0 spiro atoms. The number of nitrogens with one attached hydrogen (secondary N) is 1. The third kappa shape index (κ3) is 4.30. The lowest BCUT2D eigenvalue weighted by atomic mass is 10.1. The van der Waals surface area contributed by atoms with Crippen LogP contribution >= 0.6 is 11.6 Å². The summed E-state index contributed by atoms with van der Waals surface area (Å²) in [5, 5.41) is 7.46. The molecule has 1 fully saturated rings. The van der Waals surface area contributed by atoms with Gasteiger partial charge in [-0.1, -0.05) is 41.0 Å². The van der Waals surface area contributed by atoms with Gasteiger partial charge in [0, 0.05) is 42.7 Å². The third-order valence-corrected chi connectivity index (χ3v) is 5.07. The van der Waals surface area contributed by atoms with Crippen molar-refractivity contribution >= 4 is 29.1 Å². The van der Waals surface area contributed by atoms with Gasteiger partial charge in [-0.15, -0.1) is 0 Å². The first-order valence-electron chi connectivity index (χ1n) is 9.23. The molecule has 0 unspecified atom stereocenters. The first kappa shape index (κ1) is 19.1. The van der Waals surface area contributed by atoms with Gasteiger partial charge < -0.3 is 14.7 Å². The Bertz CT molecular complexity index is 1050. The molecule has 0 radical (unpaired) electrons. The topological polar surface area (TPSA) is 88.3 Å². The first-order valence-corrected chi connectivity index (χ1v) is 9.60. The highest BCUT2D eigenvalue weighted by Gasteiger charge is 2.35. The minimum Gasteiger partial charge on any atom is -0.352 e. The second kappa shape index (κ2) is 8.05. The van der Waals surface area contributed by atoms with E-state index in [-0.39, 0.29) is 18.2 Å². The molecular weight excluding hydrogens is 392 g/mol. The van der Waals surface area contributed by atoms with Crippen LogP contribution in [0.15, 0.2) is 53.1 Å². The van der Waals surface area contributed by atoms with E-state index in [2.05, 4.69) is 15.5 Å². The lowest BCUT2D eigenvalue weighted by Crippen LogP contribution is -2.32. The largest absolute Gasteiger partial charge is 0.352 e. The van der Waals surface area contributed by atoms with E-state index < -0.39 is 5.92 Å². The fraction of sp³-hybridized carbons (Fsp3) is 0.238. The van der Waals surface area contributed by atoms with E-state index in [1.54, 1.807) is 24.0 Å². The van der Waals surface area contributed by atoms with E-state index in [0.29, 0.717) is 35.5 Å². The minimum absolute atomic E-state index is 0.0851. The average Bonchev–Trinajstić information content (AvgIpc) is 3.33. The van der Waals surface area contributed by atoms with E-state index in [1.807, 2.05) is 36.4 Å². The Morgan fingerprint density at radius 3 is 2.79 bits per heavy atom. The van der Waals surface area contributed by atoms with Gasteiger partial charge >= 0.3 is 0 Å². The van der Waals surface area contributed by atoms with E-state index in [4.69, 9.17) is 16.1 Å². The Labute approximate surface area is 172 Å². The maximum atomic E-state index is 12.6. The highest BCUT2D eigenvalue weighted by Crippen LogP contribution is 2.28. The third-order valence-electron chi connectivity index (χ3n) is 4.82. The standard InChI is InChI=1S/C21H19ClN4O3/c1-13-24-20(25-29-13)15-3-2-4-18(9-15)26-12-16(10-19(26)27)21(28)23-11-14-5-7-17(22)8-6-14/h2-9,16H,10-12H2,1H3,(H,23,28)/t16-/m1/s1. The molecular formula is C21H19ClN4O3. The number of halogens is 1. The number of carbonyl (C=O) groups is 2. The Balaban J connectivity index is 1.42. The molecule has 3 aromatic rings. The lowest BCUT2D eigenvalue weighted by molar-refractivity contribution is -0.126. The molecule has 2 heterocycles. The molecule has 1 aliphatic heterocycles. The molecule has 7 nitrogen and oxygen atoms in total. The molecule has 2 amide bonds. The molecule has 1 saturated heterocycles. The summed E-state index contributed by atoms with van der Waals surface area (Å²) in [6.45, 7) is 2.45. The summed E-state index contributed by atoms with van der Waals surface area (Å²) in [6, 6.07) is 14.6. The van der Waals surface area contributed by atoms with Crippen LogP contribution < -0.4 is 10.2 Å². The van der Waals surface area contributed by atoms with Gasteiger partial charge in [0.05, 0.1) is 5.92 Å². The first-order chi connectivity index (χ1) is 14.0. The summed E-state index contributed by atoms with van der Waals surface area (Å²) in [7, 11) is 0. The number of anilines is 1. The number of rotatable bonds is 5. The van der Waals surface area contributed by atoms with Crippen molar-refractivity contribution in [2.75, 3.05) is 11.4 Å². The van der Waals surface area contributed by atoms with Crippen LogP contribution in [0.5, 0.6) is 0 Å². The van der Waals surface area contributed by atoms with Crippen molar-refractivity contribution in [3.05, 3.63) is 65.0 Å². The quantitative estimate of drug-likeness (QED) is 0.696. The fourth-order valence-corrected chi connectivity index (χ4v) is 3.42. The van der Waals surface area contributed by atoms with Crippen LogP contribution in [0.2, 0.25) is 5.02 Å². The number of benzene rings is 2. The summed E-state index contributed by atoms with van der Waals surface area (Å²) >= 11 is 5.88. The van der Waals surface area contributed by atoms with Crippen LogP contribution in [-0.4, -0.2) is 28.5 Å². The van der Waals surface area contributed by atoms with Gasteiger partial charge in [0.1, 0.15) is 0 Å². The number of hydrogen-bond acceptors (Lipinski definition) is 5. The number of nitrogens with zero attached hydrogens (tertiary/aromatic N) is 3. The molecule has 1 aliphatic rings. The molecule has 0 bridgehead atoms. The van der Waals surface area contributed by atoms with Crippen molar-refractivity contribution in [2.45, 2.75) is 19.9 Å². The van der Waals surface area contributed by atoms with Gasteiger partial charge in [-0.3, -0.25) is 9.59 Å². The minimum atomic E-state index is -0.397. The van der Waals surface area contributed by atoms with Crippen molar-refractivity contribution in [1.29, 1.82) is 0 Å². The highest BCUT2D eigenvalue weighted by atomic mass is 35.5. The van der Waals surface area contributed by atoms with Gasteiger partial charge in [-0.2, -0.15) is 4.98 Å². The van der Waals surface area contributed by atoms with Gasteiger partial charge in [0.25, 0.3) is 0 Å². The smallest absolute Gasteiger partial charge is 0.227 e. The number of amides is 2. The zero-order chi connectivity index (χ0) is 20.4. The maximum absolute atomic E-state index is 12.6. The monoisotopic (exact) mass is 410 g/mol. The van der Waals surface area contributed by atoms with Crippen molar-refractivity contribution in [3.8, 4) is 11.4 Å². The van der Waals surface area contributed by atoms with Crippen LogP contribution in [0, 0.1) is 12.8 Å². The Morgan fingerprint density at radius 2 is 2.07 bits per heavy atom. The van der Waals surface area contributed by atoms with Crippen molar-refractivity contribution in [2.24, 2.45) is 5.92 Å². The highest BCUT2D eigenvalue weighted by molar-refractivity contribution is 6.30. The second-order valence-corrected chi connectivity index (χ2v) is 7.37. The number of aryl methyl sites for hydroxylation is 1. The molecule has 2 aromatic carbocycles. The van der Waals surface area contributed by atoms with Crippen molar-refractivity contribution in [1.82, 2.24) is 15.5 Å². The van der Waals surface area contributed by atoms with Crippen LogP contribution in [0.25, 0.3) is 11.4 Å². The fourth-order valence-electron chi connectivity index (χ4n) is 3.30. The normalized spacial score (nSPS) is 16.3. The predicted octanol–water partition coefficient (Wildman–Crippen LogP) is 3.37. The zero-order valence-electron chi connectivity index (χ0n) is 15.8. The van der Waals surface area contributed by atoms with Crippen LogP contribution in [-0.2, 0) is 16.1 Å². The molecule has 1 atom stereocenters. The molecule has 8 heteroatoms. The number of hydrogen-bond donors (Lipinski definition) is 1. The second-order valence-electron chi connectivity index (χ2n) is 6.94. The Kier molecular flexibility index (Phi) is 5.31. The summed E-state index contributed by atoms with van der Waals surface area (Å²) in [5.41, 5.74) is 2.41. The molecule has 0 saturated carbocycles. The van der Waals surface area contributed by atoms with Gasteiger partial charge in [0.2, 0.25) is 23.5 Å². The summed E-state index contributed by atoms with van der Waals surface area (Å²) in [6.07, 6.45) is 0.179. The van der Waals surface area contributed by atoms with E-state index in [0.717, 1.165) is 11.1 Å². The van der Waals surface area contributed by atoms with Crippen LogP contribution in [0.3, 0.4) is 0 Å². The average molecular weight is 411 g/mol. The Morgan fingerprint density at radius 1 is 1.28 bits per heavy atom. The lowest BCUT2D eigenvalue weighted by Gasteiger charge is -2.17.